The van der Waals surface area contributed by atoms with Gasteiger partial charge in [0.1, 0.15) is 12.7 Å². The van der Waals surface area contributed by atoms with E-state index in [-0.39, 0.29) is 24.3 Å². The van der Waals surface area contributed by atoms with Gasteiger partial charge in [0.25, 0.3) is 11.8 Å². The number of likely N-dealkylation sites (N-methyl/N-ethyl adjacent to an activating group) is 1. The van der Waals surface area contributed by atoms with Crippen LogP contribution in [-0.2, 0) is 4.79 Å². The fourth-order valence-corrected chi connectivity index (χ4v) is 4.89. The van der Waals surface area contributed by atoms with E-state index in [4.69, 9.17) is 9.47 Å². The third-order valence-electron chi connectivity index (χ3n) is 6.64. The predicted molar refractivity (Wildman–Crippen MR) is 121 cm³/mol. The van der Waals surface area contributed by atoms with E-state index in [2.05, 4.69) is 4.90 Å². The van der Waals surface area contributed by atoms with Crippen LogP contribution in [0.1, 0.15) is 32.4 Å². The maximum Gasteiger partial charge on any atom is 0.264 e. The van der Waals surface area contributed by atoms with Crippen molar-refractivity contribution < 1.29 is 23.9 Å². The van der Waals surface area contributed by atoms with E-state index in [0.717, 1.165) is 13.1 Å². The number of benzene rings is 2. The van der Waals surface area contributed by atoms with Gasteiger partial charge in [0.2, 0.25) is 5.91 Å². The molecule has 5 rings (SSSR count). The molecule has 3 aliphatic heterocycles. The summed E-state index contributed by atoms with van der Waals surface area (Å²) in [4.78, 5) is 47.5. The summed E-state index contributed by atoms with van der Waals surface area (Å²) in [6, 6.07) is 10.5. The van der Waals surface area contributed by atoms with Crippen molar-refractivity contribution in [1.82, 2.24) is 14.7 Å². The normalized spacial score (nSPS) is 19.8. The van der Waals surface area contributed by atoms with Crippen LogP contribution < -0.4 is 14.4 Å². The van der Waals surface area contributed by atoms with Crippen LogP contribution in [-0.4, -0.2) is 86.4 Å². The standard InChI is InChI=1S/C24H26N4O5/c1-25-10-12-26(13-11-25)19(29)14-27-22-16-8-9-18(32-2)21(33-3)20(16)24(31)28(22)17-7-5-4-6-15(17)23(27)30/h4-9,22H,10-14H2,1-3H3/t22-/m0/s1. The zero-order chi connectivity index (χ0) is 23.3. The third-order valence-corrected chi connectivity index (χ3v) is 6.64. The van der Waals surface area contributed by atoms with Gasteiger partial charge in [-0.25, -0.2) is 0 Å². The number of carbonyl (C=O) groups excluding carboxylic acids is 3. The predicted octanol–water partition coefficient (Wildman–Crippen LogP) is 1.59. The average Bonchev–Trinajstić information content (AvgIpc) is 3.13. The SMILES string of the molecule is COc1ccc2c(c1OC)C(=O)N1c3ccccc3C(=O)N(CC(=O)N3CCN(C)CC3)[C@H]21. The molecule has 1 saturated heterocycles. The average molecular weight is 450 g/mol. The number of hydrogen-bond acceptors (Lipinski definition) is 6. The molecule has 0 saturated carbocycles. The van der Waals surface area contributed by atoms with Crippen LogP contribution >= 0.6 is 0 Å². The van der Waals surface area contributed by atoms with Crippen molar-refractivity contribution in [1.29, 1.82) is 0 Å². The summed E-state index contributed by atoms with van der Waals surface area (Å²) >= 11 is 0. The van der Waals surface area contributed by atoms with Gasteiger partial charge in [0.15, 0.2) is 11.5 Å². The monoisotopic (exact) mass is 450 g/mol. The van der Waals surface area contributed by atoms with E-state index in [9.17, 15) is 14.4 Å². The highest BCUT2D eigenvalue weighted by Crippen LogP contribution is 2.49. The van der Waals surface area contributed by atoms with E-state index in [1.807, 2.05) is 7.05 Å². The molecule has 3 heterocycles. The fourth-order valence-electron chi connectivity index (χ4n) is 4.89. The van der Waals surface area contributed by atoms with E-state index in [1.165, 1.54) is 19.1 Å². The molecule has 2 aromatic carbocycles. The summed E-state index contributed by atoms with van der Waals surface area (Å²) in [5, 5.41) is 0. The van der Waals surface area contributed by atoms with Gasteiger partial charge >= 0.3 is 0 Å². The smallest absolute Gasteiger partial charge is 0.264 e. The van der Waals surface area contributed by atoms with Crippen molar-refractivity contribution in [3.05, 3.63) is 53.1 Å². The van der Waals surface area contributed by atoms with Crippen LogP contribution in [0.15, 0.2) is 36.4 Å². The second-order valence-electron chi connectivity index (χ2n) is 8.45. The third kappa shape index (κ3) is 3.22. The van der Waals surface area contributed by atoms with Crippen molar-refractivity contribution in [3.8, 4) is 11.5 Å². The quantitative estimate of drug-likeness (QED) is 0.704. The summed E-state index contributed by atoms with van der Waals surface area (Å²) in [5.74, 6) is 0.0680. The fraction of sp³-hybridized carbons (Fsp3) is 0.375. The molecule has 9 heteroatoms. The molecule has 2 aromatic rings. The molecule has 0 aliphatic carbocycles. The molecule has 0 unspecified atom stereocenters. The molecule has 3 aliphatic rings. The zero-order valence-electron chi connectivity index (χ0n) is 18.9. The Morgan fingerprint density at radius 3 is 2.39 bits per heavy atom. The molecule has 9 nitrogen and oxygen atoms in total. The Morgan fingerprint density at radius 2 is 1.70 bits per heavy atom. The minimum atomic E-state index is -0.730. The number of nitrogens with zero attached hydrogens (tertiary/aromatic N) is 4. The maximum absolute atomic E-state index is 13.7. The number of para-hydroxylation sites is 1. The first kappa shape index (κ1) is 21.3. The van der Waals surface area contributed by atoms with Crippen LogP contribution in [0.4, 0.5) is 5.69 Å². The lowest BCUT2D eigenvalue weighted by Gasteiger charge is -2.41. The number of ether oxygens (including phenoxy) is 2. The first-order chi connectivity index (χ1) is 16.0. The maximum atomic E-state index is 13.7. The van der Waals surface area contributed by atoms with E-state index in [1.54, 1.807) is 46.2 Å². The molecule has 172 valence electrons. The Bertz CT molecular complexity index is 1140. The highest BCUT2D eigenvalue weighted by Gasteiger charge is 2.50. The Labute approximate surface area is 192 Å². The van der Waals surface area contributed by atoms with Crippen molar-refractivity contribution in [2.75, 3.05) is 58.9 Å². The van der Waals surface area contributed by atoms with Crippen molar-refractivity contribution in [3.63, 3.8) is 0 Å². The van der Waals surface area contributed by atoms with Gasteiger partial charge in [-0.2, -0.15) is 0 Å². The molecule has 0 spiro atoms. The molecule has 33 heavy (non-hydrogen) atoms. The first-order valence-electron chi connectivity index (χ1n) is 10.9. The minimum absolute atomic E-state index is 0.112. The van der Waals surface area contributed by atoms with Crippen LogP contribution in [0, 0.1) is 0 Å². The number of methoxy groups -OCH3 is 2. The Morgan fingerprint density at radius 1 is 0.970 bits per heavy atom. The molecule has 0 bridgehead atoms. The molecule has 0 N–H and O–H groups in total. The van der Waals surface area contributed by atoms with Crippen molar-refractivity contribution in [2.45, 2.75) is 6.17 Å². The van der Waals surface area contributed by atoms with Crippen LogP contribution in [0.3, 0.4) is 0 Å². The summed E-state index contributed by atoms with van der Waals surface area (Å²) in [6.45, 7) is 2.69. The van der Waals surface area contributed by atoms with Crippen LogP contribution in [0.2, 0.25) is 0 Å². The van der Waals surface area contributed by atoms with Gasteiger partial charge < -0.3 is 24.2 Å². The summed E-state index contributed by atoms with van der Waals surface area (Å²) in [6.07, 6.45) is -0.730. The Hall–Kier alpha value is -3.59. The summed E-state index contributed by atoms with van der Waals surface area (Å²) < 4.78 is 10.9. The number of hydrogen-bond donors (Lipinski definition) is 0. The molecular weight excluding hydrogens is 424 g/mol. The highest BCUT2D eigenvalue weighted by molar-refractivity contribution is 6.18. The summed E-state index contributed by atoms with van der Waals surface area (Å²) in [5.41, 5.74) is 1.89. The number of anilines is 1. The largest absolute Gasteiger partial charge is 0.493 e. The van der Waals surface area contributed by atoms with Crippen LogP contribution in [0.5, 0.6) is 11.5 Å². The second kappa shape index (κ2) is 8.08. The Kier molecular flexibility index (Phi) is 5.20. The van der Waals surface area contributed by atoms with Gasteiger partial charge in [-0.1, -0.05) is 18.2 Å². The van der Waals surface area contributed by atoms with E-state index in [0.29, 0.717) is 47.0 Å². The number of piperazine rings is 1. The Balaban J connectivity index is 1.59. The minimum Gasteiger partial charge on any atom is -0.493 e. The number of fused-ring (bicyclic) bond motifs is 5. The van der Waals surface area contributed by atoms with Gasteiger partial charge in [-0.05, 0) is 25.2 Å². The van der Waals surface area contributed by atoms with Crippen molar-refractivity contribution >= 4 is 23.4 Å². The van der Waals surface area contributed by atoms with Gasteiger partial charge in [-0.3, -0.25) is 19.3 Å². The lowest BCUT2D eigenvalue weighted by Crippen LogP contribution is -2.54. The molecule has 1 atom stereocenters. The lowest BCUT2D eigenvalue weighted by molar-refractivity contribution is -0.134. The topological polar surface area (TPSA) is 82.6 Å². The van der Waals surface area contributed by atoms with Gasteiger partial charge in [0.05, 0.1) is 31.0 Å². The van der Waals surface area contributed by atoms with Gasteiger partial charge in [0, 0.05) is 31.7 Å². The molecule has 0 radical (unpaired) electrons. The number of amides is 3. The van der Waals surface area contributed by atoms with Crippen LogP contribution in [0.25, 0.3) is 0 Å². The lowest BCUT2D eigenvalue weighted by atomic mass is 10.0. The summed E-state index contributed by atoms with van der Waals surface area (Å²) in [7, 11) is 5.01. The molecular formula is C24H26N4O5. The number of carbonyl (C=O) groups is 3. The van der Waals surface area contributed by atoms with Crippen molar-refractivity contribution in [2.24, 2.45) is 0 Å². The molecule has 1 fully saturated rings. The molecule has 3 amide bonds. The second-order valence-corrected chi connectivity index (χ2v) is 8.45. The highest BCUT2D eigenvalue weighted by atomic mass is 16.5. The first-order valence-corrected chi connectivity index (χ1v) is 10.9. The molecule has 0 aromatic heterocycles. The van der Waals surface area contributed by atoms with E-state index >= 15 is 0 Å². The van der Waals surface area contributed by atoms with E-state index < -0.39 is 6.17 Å². The number of rotatable bonds is 4. The van der Waals surface area contributed by atoms with Gasteiger partial charge in [-0.15, -0.1) is 0 Å². The zero-order valence-corrected chi connectivity index (χ0v) is 18.9.